The predicted molar refractivity (Wildman–Crippen MR) is 165 cm³/mol. The molecule has 0 spiro atoms. The Balaban J connectivity index is 1.30. The van der Waals surface area contributed by atoms with Gasteiger partial charge < -0.3 is 4.40 Å². The highest BCUT2D eigenvalue weighted by Gasteiger charge is 2.28. The predicted octanol–water partition coefficient (Wildman–Crippen LogP) is 9.71. The van der Waals surface area contributed by atoms with Crippen molar-refractivity contribution in [1.82, 2.24) is 4.40 Å². The standard InChI is InChI=1S/C38H25N/c1-3-8-24(9-4-1)26-14-16-28-20-34-32-12-7-13-33-35-21-29-17-15-27(25-10-5-2-6-11-25)19-31(29)23-37(35)39(38(32)33)36(34)22-30(28)18-26/h1-20,22-23,29H,21H2. The van der Waals surface area contributed by atoms with E-state index in [9.17, 15) is 0 Å². The summed E-state index contributed by atoms with van der Waals surface area (Å²) in [5.41, 5.74) is 12.0. The summed E-state index contributed by atoms with van der Waals surface area (Å²) in [4.78, 5) is 0. The largest absolute Gasteiger partial charge is 0.308 e. The third-order valence-corrected chi connectivity index (χ3v) is 8.82. The van der Waals surface area contributed by atoms with Gasteiger partial charge in [0.1, 0.15) is 0 Å². The van der Waals surface area contributed by atoms with Gasteiger partial charge in [0.25, 0.3) is 0 Å². The van der Waals surface area contributed by atoms with E-state index in [0.717, 1.165) is 6.42 Å². The van der Waals surface area contributed by atoms with E-state index in [1.165, 1.54) is 77.1 Å². The van der Waals surface area contributed by atoms with Crippen LogP contribution in [0.3, 0.4) is 0 Å². The van der Waals surface area contributed by atoms with Crippen LogP contribution < -0.4 is 0 Å². The number of fused-ring (bicyclic) bond motifs is 8. The minimum Gasteiger partial charge on any atom is -0.308 e. The third-order valence-electron chi connectivity index (χ3n) is 8.82. The molecule has 2 aromatic heterocycles. The minimum atomic E-state index is 0.427. The lowest BCUT2D eigenvalue weighted by Gasteiger charge is -2.24. The van der Waals surface area contributed by atoms with Crippen LogP contribution in [0.4, 0.5) is 0 Å². The molecule has 0 aliphatic heterocycles. The topological polar surface area (TPSA) is 4.41 Å². The summed E-state index contributed by atoms with van der Waals surface area (Å²) in [6.07, 6.45) is 10.6. The molecule has 0 saturated carbocycles. The van der Waals surface area contributed by atoms with Crippen molar-refractivity contribution in [2.24, 2.45) is 5.92 Å². The second-order valence-corrected chi connectivity index (χ2v) is 11.0. The quantitative estimate of drug-likeness (QED) is 0.225. The maximum atomic E-state index is 2.54. The van der Waals surface area contributed by atoms with E-state index in [4.69, 9.17) is 0 Å². The zero-order valence-electron chi connectivity index (χ0n) is 21.4. The van der Waals surface area contributed by atoms with Crippen LogP contribution in [0.5, 0.6) is 0 Å². The molecule has 9 rings (SSSR count). The average molecular weight is 496 g/mol. The van der Waals surface area contributed by atoms with Crippen LogP contribution in [-0.2, 0) is 6.42 Å². The molecule has 0 N–H and O–H groups in total. The fourth-order valence-corrected chi connectivity index (χ4v) is 6.94. The molecule has 182 valence electrons. The number of aromatic nitrogens is 1. The van der Waals surface area contributed by atoms with Crippen molar-refractivity contribution in [3.63, 3.8) is 0 Å². The molecule has 1 atom stereocenters. The molecule has 2 heterocycles. The monoisotopic (exact) mass is 495 g/mol. The highest BCUT2D eigenvalue weighted by atomic mass is 14.9. The molecule has 1 nitrogen and oxygen atoms in total. The number of allylic oxidation sites excluding steroid dienone is 5. The maximum absolute atomic E-state index is 2.54. The van der Waals surface area contributed by atoms with E-state index in [1.807, 2.05) is 0 Å². The van der Waals surface area contributed by atoms with Gasteiger partial charge in [-0.25, -0.2) is 0 Å². The van der Waals surface area contributed by atoms with Gasteiger partial charge in [0, 0.05) is 22.1 Å². The maximum Gasteiger partial charge on any atom is 0.0617 e. The summed E-state index contributed by atoms with van der Waals surface area (Å²) < 4.78 is 2.54. The molecule has 1 unspecified atom stereocenters. The average Bonchev–Trinajstić information content (AvgIpc) is 3.50. The fourth-order valence-electron chi connectivity index (χ4n) is 6.94. The zero-order chi connectivity index (χ0) is 25.5. The SMILES string of the molecule is C1=CC2Cc3c(n4c5cc6cc(-c7ccccc7)ccc6cc5c5cccc3c54)C=C2C=C1c1ccccc1. The molecule has 0 bridgehead atoms. The second-order valence-electron chi connectivity index (χ2n) is 11.0. The molecule has 2 aliphatic carbocycles. The van der Waals surface area contributed by atoms with Gasteiger partial charge in [0.15, 0.2) is 0 Å². The molecule has 1 heteroatoms. The molecular formula is C38H25N. The molecule has 2 aliphatic rings. The smallest absolute Gasteiger partial charge is 0.0617 e. The normalized spacial score (nSPS) is 16.6. The summed E-state index contributed by atoms with van der Waals surface area (Å²) in [5, 5.41) is 6.66. The first-order valence-electron chi connectivity index (χ1n) is 13.8. The number of para-hydroxylation sites is 1. The van der Waals surface area contributed by atoms with Gasteiger partial charge in [0.05, 0.1) is 16.7 Å². The van der Waals surface area contributed by atoms with E-state index in [-0.39, 0.29) is 0 Å². The van der Waals surface area contributed by atoms with E-state index < -0.39 is 0 Å². The first-order chi connectivity index (χ1) is 19.3. The van der Waals surface area contributed by atoms with E-state index in [0.29, 0.717) is 5.92 Å². The molecular weight excluding hydrogens is 470 g/mol. The highest BCUT2D eigenvalue weighted by molar-refractivity contribution is 6.19. The van der Waals surface area contributed by atoms with Crippen molar-refractivity contribution in [1.29, 1.82) is 0 Å². The third kappa shape index (κ3) is 3.02. The lowest BCUT2D eigenvalue weighted by molar-refractivity contribution is 0.762. The Kier molecular flexibility index (Phi) is 4.23. The number of hydrogen-bond acceptors (Lipinski definition) is 0. The molecule has 0 radical (unpaired) electrons. The van der Waals surface area contributed by atoms with Crippen molar-refractivity contribution in [2.75, 3.05) is 0 Å². The van der Waals surface area contributed by atoms with Crippen LogP contribution in [0, 0.1) is 5.92 Å². The summed E-state index contributed by atoms with van der Waals surface area (Å²) >= 11 is 0. The Bertz CT molecular complexity index is 2170. The Labute approximate surface area is 227 Å². The van der Waals surface area contributed by atoms with Crippen LogP contribution in [-0.4, -0.2) is 4.40 Å². The van der Waals surface area contributed by atoms with E-state index in [2.05, 4.69) is 138 Å². The summed E-state index contributed by atoms with van der Waals surface area (Å²) in [5.74, 6) is 0.427. The number of hydrogen-bond donors (Lipinski definition) is 0. The van der Waals surface area contributed by atoms with Crippen molar-refractivity contribution in [3.8, 4) is 11.1 Å². The van der Waals surface area contributed by atoms with Gasteiger partial charge in [-0.3, -0.25) is 0 Å². The molecule has 7 aromatic rings. The fraction of sp³-hybridized carbons (Fsp3) is 0.0526. The molecule has 39 heavy (non-hydrogen) atoms. The molecule has 0 saturated heterocycles. The van der Waals surface area contributed by atoms with Crippen LogP contribution in [0.1, 0.15) is 16.8 Å². The number of benzene rings is 5. The summed E-state index contributed by atoms with van der Waals surface area (Å²) in [6.45, 7) is 0. The number of nitrogens with zero attached hydrogens (tertiary/aromatic N) is 1. The van der Waals surface area contributed by atoms with Gasteiger partial charge in [0.2, 0.25) is 0 Å². The lowest BCUT2D eigenvalue weighted by atomic mass is 9.80. The zero-order valence-corrected chi connectivity index (χ0v) is 21.4. The van der Waals surface area contributed by atoms with Gasteiger partial charge in [-0.1, -0.05) is 109 Å². The molecule has 5 aromatic carbocycles. The van der Waals surface area contributed by atoms with Crippen LogP contribution in [0.25, 0.3) is 60.7 Å². The molecule has 0 fully saturated rings. The Hall–Kier alpha value is -4.88. The summed E-state index contributed by atoms with van der Waals surface area (Å²) in [7, 11) is 0. The van der Waals surface area contributed by atoms with Crippen molar-refractivity contribution in [3.05, 3.63) is 150 Å². The van der Waals surface area contributed by atoms with Gasteiger partial charge in [-0.2, -0.15) is 0 Å². The van der Waals surface area contributed by atoms with E-state index in [1.54, 1.807) is 0 Å². The number of rotatable bonds is 2. The van der Waals surface area contributed by atoms with Gasteiger partial charge in [-0.05, 0) is 74.9 Å². The minimum absolute atomic E-state index is 0.427. The van der Waals surface area contributed by atoms with E-state index >= 15 is 0 Å². The van der Waals surface area contributed by atoms with Crippen LogP contribution >= 0.6 is 0 Å². The second kappa shape index (κ2) is 7.82. The van der Waals surface area contributed by atoms with Gasteiger partial charge in [-0.15, -0.1) is 0 Å². The highest BCUT2D eigenvalue weighted by Crippen LogP contribution is 2.45. The van der Waals surface area contributed by atoms with Crippen molar-refractivity contribution < 1.29 is 0 Å². The molecule has 0 amide bonds. The Morgan fingerprint density at radius 2 is 1.38 bits per heavy atom. The van der Waals surface area contributed by atoms with Crippen LogP contribution in [0.2, 0.25) is 0 Å². The van der Waals surface area contributed by atoms with Gasteiger partial charge >= 0.3 is 0 Å². The first-order valence-corrected chi connectivity index (χ1v) is 13.8. The first kappa shape index (κ1) is 21.1. The Morgan fingerprint density at radius 3 is 2.23 bits per heavy atom. The lowest BCUT2D eigenvalue weighted by Crippen LogP contribution is -2.12. The van der Waals surface area contributed by atoms with Crippen molar-refractivity contribution >= 4 is 49.6 Å². The summed E-state index contributed by atoms with van der Waals surface area (Å²) in [6, 6.07) is 39.9. The van der Waals surface area contributed by atoms with Crippen LogP contribution in [0.15, 0.2) is 133 Å². The Morgan fingerprint density at radius 1 is 0.590 bits per heavy atom. The van der Waals surface area contributed by atoms with Crippen molar-refractivity contribution in [2.45, 2.75) is 6.42 Å².